The highest BCUT2D eigenvalue weighted by atomic mass is 16.5. The van der Waals surface area contributed by atoms with Crippen LogP contribution in [-0.4, -0.2) is 127 Å². The third-order valence-electron chi connectivity index (χ3n) is 3.58. The Kier molecular flexibility index (Phi) is 26.4. The van der Waals surface area contributed by atoms with Gasteiger partial charge in [0.25, 0.3) is 0 Å². The van der Waals surface area contributed by atoms with Crippen LogP contribution in [-0.2, 0) is 0 Å². The molecule has 0 spiro atoms. The van der Waals surface area contributed by atoms with E-state index in [0.29, 0.717) is 6.61 Å². The van der Waals surface area contributed by atoms with Crippen LogP contribution in [0.1, 0.15) is 39.5 Å². The summed E-state index contributed by atoms with van der Waals surface area (Å²) < 4.78 is 0. The van der Waals surface area contributed by atoms with Gasteiger partial charge in [-0.1, -0.05) is 26.7 Å². The Morgan fingerprint density at radius 2 is 1.00 bits per heavy atom. The Hall–Kier alpha value is -0.375. The minimum Gasteiger partial charge on any atom is -0.402 e. The molecule has 0 fully saturated rings. The van der Waals surface area contributed by atoms with Crippen LogP contribution in [0.5, 0.6) is 0 Å². The van der Waals surface area contributed by atoms with Crippen LogP contribution >= 0.6 is 0 Å². The molecule has 12 heteroatoms. The average molecular weight is 417 g/mol. The highest BCUT2D eigenvalue weighted by molar-refractivity contribution is 6.30. The molecule has 0 saturated carbocycles. The van der Waals surface area contributed by atoms with E-state index in [2.05, 4.69) is 18.7 Å². The molecule has 0 aliphatic heterocycles. The van der Waals surface area contributed by atoms with Gasteiger partial charge in [-0.2, -0.15) is 0 Å². The van der Waals surface area contributed by atoms with Gasteiger partial charge in [-0.3, -0.25) is 0 Å². The largest absolute Gasteiger partial charge is 0.631 e. The summed E-state index contributed by atoms with van der Waals surface area (Å²) in [6.45, 7) is 6.40. The standard InChI is InChI=1S/C10H23NO.C6H14O6.BH3O3/c1-3-5-7-11(9-10-12)8-6-4-2;7-1-3(9)5(11)6(12)4(10)2-8;2-1(3)4/h12H,3-10H2,1-2H3;3-12H,1-2H2;2-4H/t;3-,4+,5-,6-;/m.1./s1. The molecule has 0 rings (SSSR count). The molecule has 0 radical (unpaired) electrons. The molecular weight excluding hydrogens is 377 g/mol. The predicted octanol–water partition coefficient (Wildman–Crippen LogP) is -3.76. The van der Waals surface area contributed by atoms with Gasteiger partial charge < -0.3 is 55.7 Å². The summed E-state index contributed by atoms with van der Waals surface area (Å²) in [4.78, 5) is 2.35. The maximum absolute atomic E-state index is 8.96. The molecule has 0 unspecified atom stereocenters. The molecule has 4 atom stereocenters. The first-order valence-electron chi connectivity index (χ1n) is 9.44. The van der Waals surface area contributed by atoms with E-state index in [0.717, 1.165) is 19.6 Å². The number of unbranched alkanes of at least 4 members (excludes halogenated alkanes) is 2. The third kappa shape index (κ3) is 21.9. The molecule has 172 valence electrons. The Morgan fingerprint density at radius 3 is 1.21 bits per heavy atom. The molecule has 0 aromatic carbocycles. The van der Waals surface area contributed by atoms with Crippen LogP contribution in [0.25, 0.3) is 0 Å². The quantitative estimate of drug-likeness (QED) is 0.132. The van der Waals surface area contributed by atoms with E-state index in [9.17, 15) is 0 Å². The molecule has 0 amide bonds. The van der Waals surface area contributed by atoms with Gasteiger partial charge in [-0.05, 0) is 25.9 Å². The van der Waals surface area contributed by atoms with Crippen molar-refractivity contribution in [2.24, 2.45) is 0 Å². The Bertz CT molecular complexity index is 280. The van der Waals surface area contributed by atoms with Gasteiger partial charge in [0.1, 0.15) is 24.4 Å². The number of aliphatic hydroxyl groups is 7. The fourth-order valence-electron chi connectivity index (χ4n) is 1.91. The molecule has 0 aliphatic rings. The third-order valence-corrected chi connectivity index (χ3v) is 3.58. The van der Waals surface area contributed by atoms with E-state index in [1.807, 2.05) is 0 Å². The van der Waals surface area contributed by atoms with Crippen LogP contribution in [0, 0.1) is 0 Å². The topological polar surface area (TPSA) is 206 Å². The number of hydrogen-bond donors (Lipinski definition) is 10. The van der Waals surface area contributed by atoms with Crippen molar-refractivity contribution in [1.82, 2.24) is 4.90 Å². The van der Waals surface area contributed by atoms with Gasteiger partial charge >= 0.3 is 7.32 Å². The van der Waals surface area contributed by atoms with E-state index in [-0.39, 0.29) is 0 Å². The van der Waals surface area contributed by atoms with Crippen molar-refractivity contribution in [2.45, 2.75) is 63.9 Å². The molecule has 0 aromatic heterocycles. The summed E-state index contributed by atoms with van der Waals surface area (Å²) in [6.07, 6.45) is -1.40. The van der Waals surface area contributed by atoms with E-state index in [1.54, 1.807) is 0 Å². The zero-order valence-corrected chi connectivity index (χ0v) is 16.9. The number of rotatable bonds is 13. The van der Waals surface area contributed by atoms with Crippen molar-refractivity contribution in [3.8, 4) is 0 Å². The zero-order chi connectivity index (χ0) is 22.5. The molecule has 10 N–H and O–H groups in total. The van der Waals surface area contributed by atoms with Gasteiger partial charge in [0.15, 0.2) is 0 Å². The fourth-order valence-corrected chi connectivity index (χ4v) is 1.91. The van der Waals surface area contributed by atoms with Gasteiger partial charge in [0, 0.05) is 6.54 Å². The minimum atomic E-state index is -2.17. The number of hydrogen-bond acceptors (Lipinski definition) is 11. The van der Waals surface area contributed by atoms with Crippen molar-refractivity contribution in [3.63, 3.8) is 0 Å². The summed E-state index contributed by atoms with van der Waals surface area (Å²) in [5.74, 6) is 0. The maximum Gasteiger partial charge on any atom is 0.631 e. The second kappa shape index (κ2) is 22.9. The minimum absolute atomic E-state index is 0.299. The second-order valence-corrected chi connectivity index (χ2v) is 6.10. The van der Waals surface area contributed by atoms with Crippen LogP contribution in [0.4, 0.5) is 0 Å². The Morgan fingerprint density at radius 1 is 0.679 bits per heavy atom. The zero-order valence-electron chi connectivity index (χ0n) is 16.9. The summed E-state index contributed by atoms with van der Waals surface area (Å²) in [5.41, 5.74) is 0. The molecule has 0 aromatic rings. The average Bonchev–Trinajstić information content (AvgIpc) is 2.67. The van der Waals surface area contributed by atoms with E-state index >= 15 is 0 Å². The fraction of sp³-hybridized carbons (Fsp3) is 1.00. The van der Waals surface area contributed by atoms with E-state index < -0.39 is 45.0 Å². The van der Waals surface area contributed by atoms with Gasteiger partial charge in [-0.25, -0.2) is 0 Å². The summed E-state index contributed by atoms with van der Waals surface area (Å²) in [7, 11) is -2.17. The van der Waals surface area contributed by atoms with Crippen molar-refractivity contribution < 1.29 is 50.8 Å². The van der Waals surface area contributed by atoms with Crippen LogP contribution in [0.3, 0.4) is 0 Å². The number of nitrogens with zero attached hydrogens (tertiary/aromatic N) is 1. The Balaban J connectivity index is -0.000000375. The van der Waals surface area contributed by atoms with Crippen molar-refractivity contribution >= 4 is 7.32 Å². The highest BCUT2D eigenvalue weighted by Gasteiger charge is 2.29. The van der Waals surface area contributed by atoms with Gasteiger partial charge in [-0.15, -0.1) is 0 Å². The SMILES string of the molecule is CCCCN(CCO)CCCC.OB(O)O.OC[C@@H](O)[C@@H](O)[C@H](O)[C@@H](O)CO. The summed E-state index contributed by atoms with van der Waals surface area (Å²) >= 11 is 0. The van der Waals surface area contributed by atoms with E-state index in [1.165, 1.54) is 25.7 Å². The lowest BCUT2D eigenvalue weighted by Gasteiger charge is -2.24. The smallest absolute Gasteiger partial charge is 0.402 e. The predicted molar refractivity (Wildman–Crippen MR) is 104 cm³/mol. The lowest BCUT2D eigenvalue weighted by Crippen LogP contribution is -2.46. The lowest BCUT2D eigenvalue weighted by atomic mass is 10.0. The molecule has 11 nitrogen and oxygen atoms in total. The Labute approximate surface area is 167 Å². The molecular formula is C16H40BNO10. The van der Waals surface area contributed by atoms with Crippen LogP contribution in [0.15, 0.2) is 0 Å². The monoisotopic (exact) mass is 417 g/mol. The molecule has 0 saturated heterocycles. The molecule has 0 heterocycles. The number of aliphatic hydroxyl groups excluding tert-OH is 7. The lowest BCUT2D eigenvalue weighted by molar-refractivity contribution is -0.123. The van der Waals surface area contributed by atoms with Crippen molar-refractivity contribution in [2.75, 3.05) is 39.5 Å². The first kappa shape index (κ1) is 32.3. The first-order valence-corrected chi connectivity index (χ1v) is 9.44. The first-order chi connectivity index (χ1) is 13.1. The molecule has 28 heavy (non-hydrogen) atoms. The van der Waals surface area contributed by atoms with Crippen LogP contribution in [0.2, 0.25) is 0 Å². The van der Waals surface area contributed by atoms with Gasteiger partial charge in [0.2, 0.25) is 0 Å². The van der Waals surface area contributed by atoms with Crippen molar-refractivity contribution in [3.05, 3.63) is 0 Å². The van der Waals surface area contributed by atoms with Crippen molar-refractivity contribution in [1.29, 1.82) is 0 Å². The molecule has 0 bridgehead atoms. The van der Waals surface area contributed by atoms with Crippen LogP contribution < -0.4 is 0 Å². The van der Waals surface area contributed by atoms with E-state index in [4.69, 9.17) is 50.8 Å². The summed E-state index contributed by atoms with van der Waals surface area (Å²) in [5, 5.41) is 82.5. The summed E-state index contributed by atoms with van der Waals surface area (Å²) in [6, 6.07) is 0. The normalized spacial score (nSPS) is 14.9. The highest BCUT2D eigenvalue weighted by Crippen LogP contribution is 2.04. The maximum atomic E-state index is 8.96. The molecule has 0 aliphatic carbocycles. The van der Waals surface area contributed by atoms with Gasteiger partial charge in [0.05, 0.1) is 19.8 Å². The second-order valence-electron chi connectivity index (χ2n) is 6.10.